The lowest BCUT2D eigenvalue weighted by atomic mass is 9.59. The van der Waals surface area contributed by atoms with Crippen LogP contribution in [0.2, 0.25) is 0 Å². The van der Waals surface area contributed by atoms with Crippen molar-refractivity contribution in [1.82, 2.24) is 0 Å². The monoisotopic (exact) mass is 512 g/mol. The number of hydrogen-bond donors (Lipinski definition) is 3. The Bertz CT molecular complexity index is 812. The molecule has 202 valence electrons. The van der Waals surface area contributed by atoms with E-state index in [1.807, 2.05) is 32.1 Å². The van der Waals surface area contributed by atoms with Gasteiger partial charge in [-0.3, -0.25) is 0 Å². The Kier molecular flexibility index (Phi) is 8.72. The molecule has 0 bridgehead atoms. The maximum atomic E-state index is 13.0. The first kappa shape index (κ1) is 29.9. The van der Waals surface area contributed by atoms with Gasteiger partial charge in [-0.15, -0.1) is 0 Å². The van der Waals surface area contributed by atoms with E-state index in [0.29, 0.717) is 12.0 Å². The zero-order valence-corrected chi connectivity index (χ0v) is 20.8. The molecular formula is C26H38F6O3. The third-order valence-electron chi connectivity index (χ3n) is 8.98. The van der Waals surface area contributed by atoms with Crippen molar-refractivity contribution in [2.75, 3.05) is 0 Å². The molecule has 9 heteroatoms. The van der Waals surface area contributed by atoms with Crippen LogP contribution in [-0.4, -0.2) is 45.5 Å². The van der Waals surface area contributed by atoms with E-state index in [1.165, 1.54) is 0 Å². The predicted octanol–water partition coefficient (Wildman–Crippen LogP) is 6.65. The second kappa shape index (κ2) is 10.2. The zero-order chi connectivity index (χ0) is 27.0. The molecule has 2 rings (SSSR count). The SMILES string of the molecule is C=C1/C(=C/C=C/[C@@H]2CC[C@](C)([C@H](C)CCCC(O)(C(F)(F)F)C(F)(F)F)C2(C)C)C[C@@H](O)C[C@@H]1O. The number of hydrogen-bond acceptors (Lipinski definition) is 3. The Morgan fingerprint density at radius 3 is 2.20 bits per heavy atom. The van der Waals surface area contributed by atoms with Gasteiger partial charge in [-0.25, -0.2) is 0 Å². The van der Waals surface area contributed by atoms with Crippen molar-refractivity contribution in [1.29, 1.82) is 0 Å². The van der Waals surface area contributed by atoms with Gasteiger partial charge in [-0.2, -0.15) is 26.3 Å². The average Bonchev–Trinajstić information content (AvgIpc) is 2.93. The summed E-state index contributed by atoms with van der Waals surface area (Å²) in [6.45, 7) is 11.9. The Balaban J connectivity index is 2.08. The fourth-order valence-corrected chi connectivity index (χ4v) is 5.77. The van der Waals surface area contributed by atoms with Crippen LogP contribution in [0.3, 0.4) is 0 Å². The molecule has 0 amide bonds. The summed E-state index contributed by atoms with van der Waals surface area (Å²) in [5, 5.41) is 29.3. The van der Waals surface area contributed by atoms with Crippen LogP contribution in [0.4, 0.5) is 26.3 Å². The second-order valence-corrected chi connectivity index (χ2v) is 11.1. The van der Waals surface area contributed by atoms with Gasteiger partial charge >= 0.3 is 12.4 Å². The third kappa shape index (κ3) is 5.82. The summed E-state index contributed by atoms with van der Waals surface area (Å²) in [6, 6.07) is 0. The van der Waals surface area contributed by atoms with Crippen LogP contribution < -0.4 is 0 Å². The molecule has 2 saturated carbocycles. The first-order chi connectivity index (χ1) is 15.8. The van der Waals surface area contributed by atoms with Crippen molar-refractivity contribution in [3.8, 4) is 0 Å². The van der Waals surface area contributed by atoms with Crippen molar-refractivity contribution in [3.63, 3.8) is 0 Å². The van der Waals surface area contributed by atoms with Crippen LogP contribution >= 0.6 is 0 Å². The fraction of sp³-hybridized carbons (Fsp3) is 0.769. The molecule has 0 spiro atoms. The van der Waals surface area contributed by atoms with Crippen molar-refractivity contribution < 1.29 is 41.7 Å². The maximum Gasteiger partial charge on any atom is 0.426 e. The zero-order valence-electron chi connectivity index (χ0n) is 20.8. The highest BCUT2D eigenvalue weighted by atomic mass is 19.4. The van der Waals surface area contributed by atoms with Gasteiger partial charge in [0, 0.05) is 6.42 Å². The van der Waals surface area contributed by atoms with Crippen molar-refractivity contribution >= 4 is 0 Å². The number of halogens is 6. The molecule has 0 aromatic rings. The molecule has 3 nitrogen and oxygen atoms in total. The van der Waals surface area contributed by atoms with E-state index in [1.54, 1.807) is 0 Å². The minimum atomic E-state index is -5.79. The Labute approximate surface area is 203 Å². The van der Waals surface area contributed by atoms with Crippen LogP contribution in [0.25, 0.3) is 0 Å². The van der Waals surface area contributed by atoms with E-state index in [-0.39, 0.29) is 35.5 Å². The summed E-state index contributed by atoms with van der Waals surface area (Å²) in [5.41, 5.74) is -3.95. The summed E-state index contributed by atoms with van der Waals surface area (Å²) in [7, 11) is 0. The first-order valence-electron chi connectivity index (χ1n) is 12.1. The minimum absolute atomic E-state index is 0.126. The van der Waals surface area contributed by atoms with Crippen LogP contribution in [0.15, 0.2) is 36.0 Å². The summed E-state index contributed by atoms with van der Waals surface area (Å²) >= 11 is 0. The molecule has 0 saturated heterocycles. The first-order valence-corrected chi connectivity index (χ1v) is 12.1. The van der Waals surface area contributed by atoms with E-state index in [0.717, 1.165) is 18.4 Å². The molecule has 5 atom stereocenters. The number of aliphatic hydroxyl groups is 3. The molecule has 3 N–H and O–H groups in total. The van der Waals surface area contributed by atoms with E-state index in [4.69, 9.17) is 0 Å². The van der Waals surface area contributed by atoms with Crippen LogP contribution in [0.5, 0.6) is 0 Å². The number of rotatable bonds is 7. The van der Waals surface area contributed by atoms with Gasteiger partial charge in [0.15, 0.2) is 0 Å². The summed E-state index contributed by atoms with van der Waals surface area (Å²) in [5.74, 6) is -0.0378. The molecule has 0 unspecified atom stereocenters. The standard InChI is InChI=1S/C26H38F6O3/c1-16(8-7-12-24(35,25(27,28)29)26(30,31)32)23(5)13-11-19(22(23,3)4)10-6-9-18-14-20(33)15-21(34)17(18)2/h6,9-10,16,19-21,33-35H,2,7-8,11-15H2,1,3-5H3/b10-6+,18-9+/t16-,19-,20-,21+,23-/m1/s1. The van der Waals surface area contributed by atoms with Gasteiger partial charge in [0.25, 0.3) is 5.60 Å². The molecule has 35 heavy (non-hydrogen) atoms. The molecule has 0 heterocycles. The highest BCUT2D eigenvalue weighted by molar-refractivity contribution is 5.37. The third-order valence-corrected chi connectivity index (χ3v) is 8.98. The summed E-state index contributed by atoms with van der Waals surface area (Å²) in [4.78, 5) is 0. The van der Waals surface area contributed by atoms with Crippen LogP contribution in [0, 0.1) is 22.7 Å². The van der Waals surface area contributed by atoms with Gasteiger partial charge in [0.2, 0.25) is 0 Å². The molecule has 0 radical (unpaired) electrons. The molecule has 0 aliphatic heterocycles. The molecule has 2 aliphatic rings. The topological polar surface area (TPSA) is 60.7 Å². The Hall–Kier alpha value is -1.32. The number of alkyl halides is 6. The molecule has 2 fully saturated rings. The lowest BCUT2D eigenvalue weighted by Crippen LogP contribution is -2.56. The fourth-order valence-electron chi connectivity index (χ4n) is 5.77. The highest BCUT2D eigenvalue weighted by Gasteiger charge is 2.69. The van der Waals surface area contributed by atoms with Gasteiger partial charge in [0.1, 0.15) is 0 Å². The quantitative estimate of drug-likeness (QED) is 0.335. The summed E-state index contributed by atoms with van der Waals surface area (Å²) < 4.78 is 77.9. The number of aliphatic hydroxyl groups excluding tert-OH is 2. The van der Waals surface area contributed by atoms with E-state index < -0.39 is 43.0 Å². The van der Waals surface area contributed by atoms with Gasteiger partial charge < -0.3 is 15.3 Å². The molecule has 0 aromatic heterocycles. The Morgan fingerprint density at radius 1 is 1.09 bits per heavy atom. The van der Waals surface area contributed by atoms with E-state index in [9.17, 15) is 41.7 Å². The smallest absolute Gasteiger partial charge is 0.393 e. The predicted molar refractivity (Wildman–Crippen MR) is 122 cm³/mol. The second-order valence-electron chi connectivity index (χ2n) is 11.1. The lowest BCUT2D eigenvalue weighted by molar-refractivity contribution is -0.370. The normalized spacial score (nSPS) is 32.5. The van der Waals surface area contributed by atoms with Gasteiger partial charge in [-0.1, -0.05) is 58.9 Å². The maximum absolute atomic E-state index is 13.0. The highest BCUT2D eigenvalue weighted by Crippen LogP contribution is 2.61. The Morgan fingerprint density at radius 2 is 1.66 bits per heavy atom. The minimum Gasteiger partial charge on any atom is -0.393 e. The molecule has 2 aliphatic carbocycles. The van der Waals surface area contributed by atoms with Crippen molar-refractivity contribution in [2.24, 2.45) is 22.7 Å². The van der Waals surface area contributed by atoms with Crippen LogP contribution in [0.1, 0.15) is 72.6 Å². The van der Waals surface area contributed by atoms with Gasteiger partial charge in [0.05, 0.1) is 12.2 Å². The van der Waals surface area contributed by atoms with Crippen molar-refractivity contribution in [2.45, 2.75) is 103 Å². The van der Waals surface area contributed by atoms with Crippen molar-refractivity contribution in [3.05, 3.63) is 36.0 Å². The van der Waals surface area contributed by atoms with E-state index in [2.05, 4.69) is 20.4 Å². The lowest BCUT2D eigenvalue weighted by Gasteiger charge is -2.46. The van der Waals surface area contributed by atoms with E-state index >= 15 is 0 Å². The number of allylic oxidation sites excluding steroid dienone is 3. The average molecular weight is 513 g/mol. The molecular weight excluding hydrogens is 474 g/mol. The largest absolute Gasteiger partial charge is 0.426 e. The molecule has 0 aromatic carbocycles. The van der Waals surface area contributed by atoms with Crippen LogP contribution in [-0.2, 0) is 0 Å². The van der Waals surface area contributed by atoms with Gasteiger partial charge in [-0.05, 0) is 65.9 Å². The summed E-state index contributed by atoms with van der Waals surface area (Å²) in [6.07, 6.45) is -6.68.